The first-order valence-electron chi connectivity index (χ1n) is 8.18. The second-order valence-corrected chi connectivity index (χ2v) is 6.89. The quantitative estimate of drug-likeness (QED) is 0.715. The highest BCUT2D eigenvalue weighted by atomic mass is 32.1. The van der Waals surface area contributed by atoms with Gasteiger partial charge in [0.2, 0.25) is 11.7 Å². The number of hydrogen-bond donors (Lipinski definition) is 1. The summed E-state index contributed by atoms with van der Waals surface area (Å²) in [6, 6.07) is 5.26. The van der Waals surface area contributed by atoms with Gasteiger partial charge in [0.1, 0.15) is 12.2 Å². The number of aryl methyl sites for hydroxylation is 1. The van der Waals surface area contributed by atoms with Gasteiger partial charge in [0.25, 0.3) is 0 Å². The Hall–Kier alpha value is -2.81. The molecule has 3 aromatic heterocycles. The first kappa shape index (κ1) is 18.0. The van der Waals surface area contributed by atoms with Crippen LogP contribution in [0, 0.1) is 6.92 Å². The zero-order chi connectivity index (χ0) is 18.5. The fraction of sp³-hybridized carbons (Fsp3) is 0.353. The molecule has 0 saturated carbocycles. The molecule has 0 radical (unpaired) electrons. The van der Waals surface area contributed by atoms with E-state index >= 15 is 0 Å². The van der Waals surface area contributed by atoms with E-state index in [4.69, 9.17) is 4.52 Å². The van der Waals surface area contributed by atoms with Crippen LogP contribution in [0.4, 0.5) is 4.79 Å². The van der Waals surface area contributed by atoms with E-state index in [0.717, 1.165) is 10.7 Å². The van der Waals surface area contributed by atoms with Gasteiger partial charge >= 0.3 is 6.03 Å². The molecule has 8 nitrogen and oxygen atoms in total. The van der Waals surface area contributed by atoms with Gasteiger partial charge in [-0.25, -0.2) is 9.78 Å². The number of aromatic nitrogens is 4. The predicted octanol–water partition coefficient (Wildman–Crippen LogP) is 2.84. The van der Waals surface area contributed by atoms with E-state index < -0.39 is 0 Å². The fourth-order valence-corrected chi connectivity index (χ4v) is 3.11. The van der Waals surface area contributed by atoms with Crippen LogP contribution in [-0.2, 0) is 6.54 Å². The molecule has 3 heterocycles. The Kier molecular flexibility index (Phi) is 5.57. The maximum atomic E-state index is 12.3. The van der Waals surface area contributed by atoms with Crippen molar-refractivity contribution in [2.45, 2.75) is 26.3 Å². The number of nitrogens with one attached hydrogen (secondary N) is 1. The second kappa shape index (κ2) is 8.05. The Balaban J connectivity index is 1.52. The van der Waals surface area contributed by atoms with Crippen LogP contribution < -0.4 is 5.32 Å². The lowest BCUT2D eigenvalue weighted by Gasteiger charge is -2.17. The normalized spacial score (nSPS) is 12.0. The number of urea groups is 1. The number of carbonyl (C=O) groups excluding carboxylic acids is 1. The molecule has 0 fully saturated rings. The van der Waals surface area contributed by atoms with Crippen LogP contribution in [-0.4, -0.2) is 44.6 Å². The Labute approximate surface area is 155 Å². The highest BCUT2D eigenvalue weighted by molar-refractivity contribution is 7.09. The number of pyridine rings is 1. The van der Waals surface area contributed by atoms with Crippen LogP contribution in [0.1, 0.15) is 29.4 Å². The van der Waals surface area contributed by atoms with Crippen molar-refractivity contribution < 1.29 is 9.32 Å². The van der Waals surface area contributed by atoms with Gasteiger partial charge in [-0.05, 0) is 19.1 Å². The fourth-order valence-electron chi connectivity index (χ4n) is 2.25. The molecule has 0 aliphatic rings. The van der Waals surface area contributed by atoms with Gasteiger partial charge in [0.05, 0.1) is 5.01 Å². The minimum Gasteiger partial charge on any atom is -0.337 e. The van der Waals surface area contributed by atoms with E-state index in [9.17, 15) is 4.79 Å². The van der Waals surface area contributed by atoms with Crippen LogP contribution >= 0.6 is 11.3 Å². The van der Waals surface area contributed by atoms with Gasteiger partial charge in [-0.1, -0.05) is 18.1 Å². The predicted molar refractivity (Wildman–Crippen MR) is 97.7 cm³/mol. The zero-order valence-corrected chi connectivity index (χ0v) is 15.7. The van der Waals surface area contributed by atoms with Crippen molar-refractivity contribution in [1.82, 2.24) is 30.3 Å². The standard InChI is InChI=1S/C17H20N6O2S/c1-11(16-20-12(2)10-26-16)8-19-17(24)23(3)9-14-21-15(22-25-14)13-6-4-5-7-18-13/h4-7,10-11H,8-9H2,1-3H3,(H,19,24)/t11-/m0/s1. The van der Waals surface area contributed by atoms with E-state index in [-0.39, 0.29) is 18.5 Å². The molecule has 1 N–H and O–H groups in total. The minimum atomic E-state index is -0.206. The van der Waals surface area contributed by atoms with Crippen LogP contribution in [0.3, 0.4) is 0 Å². The minimum absolute atomic E-state index is 0.158. The third kappa shape index (κ3) is 4.42. The van der Waals surface area contributed by atoms with Gasteiger partial charge in [-0.2, -0.15) is 4.98 Å². The summed E-state index contributed by atoms with van der Waals surface area (Å²) >= 11 is 1.61. The lowest BCUT2D eigenvalue weighted by molar-refractivity contribution is 0.199. The number of hydrogen-bond acceptors (Lipinski definition) is 7. The molecule has 3 aromatic rings. The van der Waals surface area contributed by atoms with Crippen molar-refractivity contribution in [3.05, 3.63) is 46.4 Å². The van der Waals surface area contributed by atoms with Crippen molar-refractivity contribution in [2.75, 3.05) is 13.6 Å². The Morgan fingerprint density at radius 1 is 1.38 bits per heavy atom. The molecule has 0 aromatic carbocycles. The molecule has 0 bridgehead atoms. The first-order chi connectivity index (χ1) is 12.5. The molecule has 3 rings (SSSR count). The van der Waals surface area contributed by atoms with Gasteiger partial charge < -0.3 is 14.7 Å². The van der Waals surface area contributed by atoms with Crippen LogP contribution in [0.2, 0.25) is 0 Å². The van der Waals surface area contributed by atoms with Crippen molar-refractivity contribution in [3.8, 4) is 11.5 Å². The molecular formula is C17H20N6O2S. The number of carbonyl (C=O) groups is 1. The summed E-state index contributed by atoms with van der Waals surface area (Å²) in [5.41, 5.74) is 1.63. The van der Waals surface area contributed by atoms with Crippen LogP contribution in [0.5, 0.6) is 0 Å². The second-order valence-electron chi connectivity index (χ2n) is 6.00. The van der Waals surface area contributed by atoms with E-state index in [1.807, 2.05) is 31.4 Å². The molecule has 0 saturated heterocycles. The largest absolute Gasteiger partial charge is 0.337 e. The molecule has 0 aliphatic carbocycles. The third-order valence-corrected chi connectivity index (χ3v) is 4.89. The summed E-state index contributed by atoms with van der Waals surface area (Å²) in [5.74, 6) is 0.916. The lowest BCUT2D eigenvalue weighted by atomic mass is 10.2. The van der Waals surface area contributed by atoms with Gasteiger partial charge in [-0.15, -0.1) is 11.3 Å². The van der Waals surface area contributed by atoms with E-state index in [1.165, 1.54) is 4.90 Å². The molecule has 0 spiro atoms. The van der Waals surface area contributed by atoms with E-state index in [1.54, 1.807) is 30.6 Å². The highest BCUT2D eigenvalue weighted by Gasteiger charge is 2.16. The van der Waals surface area contributed by atoms with Gasteiger partial charge in [0.15, 0.2) is 0 Å². The van der Waals surface area contributed by atoms with Crippen molar-refractivity contribution in [2.24, 2.45) is 0 Å². The summed E-state index contributed by atoms with van der Waals surface area (Å²) < 4.78 is 5.21. The highest BCUT2D eigenvalue weighted by Crippen LogP contribution is 2.19. The molecule has 1 atom stereocenters. The van der Waals surface area contributed by atoms with Gasteiger partial charge in [-0.3, -0.25) is 4.98 Å². The Morgan fingerprint density at radius 3 is 2.92 bits per heavy atom. The topological polar surface area (TPSA) is 97.0 Å². The number of rotatable bonds is 6. The van der Waals surface area contributed by atoms with Crippen molar-refractivity contribution >= 4 is 17.4 Å². The van der Waals surface area contributed by atoms with Crippen LogP contribution in [0.15, 0.2) is 34.3 Å². The maximum Gasteiger partial charge on any atom is 0.317 e. The number of nitrogens with zero attached hydrogens (tertiary/aromatic N) is 5. The van der Waals surface area contributed by atoms with Gasteiger partial charge in [0, 0.05) is 36.8 Å². The van der Waals surface area contributed by atoms with Crippen molar-refractivity contribution in [3.63, 3.8) is 0 Å². The number of amides is 2. The van der Waals surface area contributed by atoms with E-state index in [2.05, 4.69) is 25.4 Å². The first-order valence-corrected chi connectivity index (χ1v) is 9.06. The smallest absolute Gasteiger partial charge is 0.317 e. The molecule has 136 valence electrons. The summed E-state index contributed by atoms with van der Waals surface area (Å²) in [7, 11) is 1.68. The zero-order valence-electron chi connectivity index (χ0n) is 14.8. The van der Waals surface area contributed by atoms with E-state index in [0.29, 0.717) is 24.0 Å². The third-order valence-electron chi connectivity index (χ3n) is 3.70. The average Bonchev–Trinajstić information content (AvgIpc) is 3.29. The maximum absolute atomic E-state index is 12.3. The summed E-state index contributed by atoms with van der Waals surface area (Å²) in [5, 5.41) is 9.83. The molecule has 0 aliphatic heterocycles. The summed E-state index contributed by atoms with van der Waals surface area (Å²) in [4.78, 5) is 26.7. The molecule has 2 amide bonds. The molecular weight excluding hydrogens is 352 g/mol. The number of thiazole rings is 1. The SMILES string of the molecule is Cc1csc([C@@H](C)CNC(=O)N(C)Cc2nc(-c3ccccn3)no2)n1. The molecule has 26 heavy (non-hydrogen) atoms. The Bertz CT molecular complexity index is 863. The average molecular weight is 372 g/mol. The molecule has 9 heteroatoms. The monoisotopic (exact) mass is 372 g/mol. The molecule has 0 unspecified atom stereocenters. The lowest BCUT2D eigenvalue weighted by Crippen LogP contribution is -2.38. The Morgan fingerprint density at radius 2 is 2.23 bits per heavy atom. The summed E-state index contributed by atoms with van der Waals surface area (Å²) in [6.45, 7) is 4.73. The van der Waals surface area contributed by atoms with Crippen molar-refractivity contribution in [1.29, 1.82) is 0 Å². The van der Waals surface area contributed by atoms with Crippen LogP contribution in [0.25, 0.3) is 11.5 Å². The summed E-state index contributed by atoms with van der Waals surface area (Å²) in [6.07, 6.45) is 1.66.